The van der Waals surface area contributed by atoms with Gasteiger partial charge in [-0.3, -0.25) is 14.8 Å². The fourth-order valence-electron chi connectivity index (χ4n) is 3.92. The first-order chi connectivity index (χ1) is 12.8. The van der Waals surface area contributed by atoms with Crippen LogP contribution in [0.4, 0.5) is 5.69 Å². The van der Waals surface area contributed by atoms with Crippen LogP contribution in [-0.4, -0.2) is 60.2 Å². The van der Waals surface area contributed by atoms with E-state index < -0.39 is 0 Å². The van der Waals surface area contributed by atoms with E-state index in [-0.39, 0.29) is 11.3 Å². The van der Waals surface area contributed by atoms with Crippen molar-refractivity contribution in [3.63, 3.8) is 0 Å². The topological polar surface area (TPSA) is 58.6 Å². The van der Waals surface area contributed by atoms with Crippen molar-refractivity contribution >= 4 is 11.6 Å². The molecule has 2 aromatic heterocycles. The summed E-state index contributed by atoms with van der Waals surface area (Å²) >= 11 is 0. The van der Waals surface area contributed by atoms with Crippen LogP contribution >= 0.6 is 0 Å². The van der Waals surface area contributed by atoms with Gasteiger partial charge in [0.2, 0.25) is 0 Å². The molecule has 4 rings (SSSR count). The molecule has 1 spiro atoms. The van der Waals surface area contributed by atoms with Crippen molar-refractivity contribution in [1.82, 2.24) is 14.9 Å². The molecule has 26 heavy (non-hydrogen) atoms. The van der Waals surface area contributed by atoms with Gasteiger partial charge in [0.15, 0.2) is 0 Å². The third kappa shape index (κ3) is 3.55. The van der Waals surface area contributed by atoms with Crippen LogP contribution in [0.1, 0.15) is 23.2 Å². The highest BCUT2D eigenvalue weighted by atomic mass is 16.5. The Morgan fingerprint density at radius 3 is 2.58 bits per heavy atom. The summed E-state index contributed by atoms with van der Waals surface area (Å²) in [5.74, 6) is 0.0981. The molecule has 2 aliphatic heterocycles. The van der Waals surface area contributed by atoms with Gasteiger partial charge in [0.05, 0.1) is 25.1 Å². The lowest BCUT2D eigenvalue weighted by Crippen LogP contribution is -2.49. The number of aromatic nitrogens is 2. The Kier molecular flexibility index (Phi) is 4.84. The number of anilines is 1. The van der Waals surface area contributed by atoms with E-state index in [9.17, 15) is 4.79 Å². The van der Waals surface area contributed by atoms with Gasteiger partial charge in [-0.15, -0.1) is 0 Å². The lowest BCUT2D eigenvalue weighted by molar-refractivity contribution is 0.0207. The zero-order valence-electron chi connectivity index (χ0n) is 14.9. The lowest BCUT2D eigenvalue weighted by atomic mass is 9.78. The van der Waals surface area contributed by atoms with E-state index in [1.807, 2.05) is 17.2 Å². The molecule has 0 aromatic carbocycles. The average Bonchev–Trinajstić information content (AvgIpc) is 2.92. The summed E-state index contributed by atoms with van der Waals surface area (Å²) in [5, 5.41) is 0. The van der Waals surface area contributed by atoms with Crippen LogP contribution < -0.4 is 4.90 Å². The average molecular weight is 352 g/mol. The van der Waals surface area contributed by atoms with Gasteiger partial charge < -0.3 is 14.5 Å². The Morgan fingerprint density at radius 2 is 1.85 bits per heavy atom. The molecule has 2 aromatic rings. The molecule has 0 bridgehead atoms. The minimum Gasteiger partial charge on any atom is -0.379 e. The summed E-state index contributed by atoms with van der Waals surface area (Å²) < 4.78 is 5.95. The third-order valence-corrected chi connectivity index (χ3v) is 5.49. The fraction of sp³-hybridized carbons (Fsp3) is 0.450. The monoisotopic (exact) mass is 352 g/mol. The van der Waals surface area contributed by atoms with Crippen molar-refractivity contribution in [2.45, 2.75) is 12.8 Å². The van der Waals surface area contributed by atoms with Gasteiger partial charge >= 0.3 is 0 Å². The number of ether oxygens (including phenoxy) is 1. The molecule has 2 saturated heterocycles. The molecule has 0 N–H and O–H groups in total. The second-order valence-electron chi connectivity index (χ2n) is 7.21. The van der Waals surface area contributed by atoms with Crippen molar-refractivity contribution in [2.75, 3.05) is 44.3 Å². The van der Waals surface area contributed by atoms with Gasteiger partial charge in [0, 0.05) is 55.7 Å². The highest BCUT2D eigenvalue weighted by molar-refractivity contribution is 5.94. The standard InChI is InChI=1S/C20H24N4O2/c25-19(17-3-8-21-9-4-17)23-10-5-20(6-11-23)15-24(12-13-26-16-20)18-2-1-7-22-14-18/h1-4,7-9,14H,5-6,10-13,15-16H2. The molecule has 4 heterocycles. The molecule has 1 amide bonds. The smallest absolute Gasteiger partial charge is 0.253 e. The summed E-state index contributed by atoms with van der Waals surface area (Å²) in [6.45, 7) is 4.87. The molecular formula is C20H24N4O2. The number of carbonyl (C=O) groups excluding carboxylic acids is 1. The number of rotatable bonds is 2. The van der Waals surface area contributed by atoms with Gasteiger partial charge in [-0.1, -0.05) is 0 Å². The van der Waals surface area contributed by atoms with E-state index in [0.717, 1.165) is 57.9 Å². The third-order valence-electron chi connectivity index (χ3n) is 5.49. The summed E-state index contributed by atoms with van der Waals surface area (Å²) in [6.07, 6.45) is 8.98. The number of pyridine rings is 2. The number of piperidine rings is 1. The number of hydrogen-bond acceptors (Lipinski definition) is 5. The number of amides is 1. The minimum absolute atomic E-state index is 0.0981. The Morgan fingerprint density at radius 1 is 1.04 bits per heavy atom. The number of nitrogens with zero attached hydrogens (tertiary/aromatic N) is 4. The molecule has 136 valence electrons. The Labute approximate surface area is 153 Å². The minimum atomic E-state index is 0.0981. The Bertz CT molecular complexity index is 730. The molecule has 0 atom stereocenters. The molecule has 0 radical (unpaired) electrons. The normalized spacial score (nSPS) is 20.0. The van der Waals surface area contributed by atoms with E-state index in [1.54, 1.807) is 30.7 Å². The number of carbonyl (C=O) groups is 1. The summed E-state index contributed by atoms with van der Waals surface area (Å²) in [4.78, 5) is 25.2. The van der Waals surface area contributed by atoms with Crippen molar-refractivity contribution < 1.29 is 9.53 Å². The maximum absolute atomic E-state index is 12.7. The van der Waals surface area contributed by atoms with E-state index in [0.29, 0.717) is 5.56 Å². The van der Waals surface area contributed by atoms with Crippen LogP contribution in [0.5, 0.6) is 0 Å². The molecule has 0 saturated carbocycles. The number of likely N-dealkylation sites (tertiary alicyclic amines) is 1. The van der Waals surface area contributed by atoms with Crippen LogP contribution in [0, 0.1) is 5.41 Å². The molecule has 6 nitrogen and oxygen atoms in total. The fourth-order valence-corrected chi connectivity index (χ4v) is 3.92. The highest BCUT2D eigenvalue weighted by Crippen LogP contribution is 2.36. The van der Waals surface area contributed by atoms with E-state index in [1.165, 1.54) is 0 Å². The predicted molar refractivity (Wildman–Crippen MR) is 99.1 cm³/mol. The summed E-state index contributed by atoms with van der Waals surface area (Å²) in [7, 11) is 0. The van der Waals surface area contributed by atoms with Crippen molar-refractivity contribution in [1.29, 1.82) is 0 Å². The first-order valence-corrected chi connectivity index (χ1v) is 9.18. The zero-order chi connectivity index (χ0) is 17.8. The van der Waals surface area contributed by atoms with Crippen molar-refractivity contribution in [3.8, 4) is 0 Å². The van der Waals surface area contributed by atoms with Gasteiger partial charge in [-0.25, -0.2) is 0 Å². The molecular weight excluding hydrogens is 328 g/mol. The van der Waals surface area contributed by atoms with Gasteiger partial charge in [0.1, 0.15) is 0 Å². The highest BCUT2D eigenvalue weighted by Gasteiger charge is 2.39. The predicted octanol–water partition coefficient (Wildman–Crippen LogP) is 2.24. The Balaban J connectivity index is 1.44. The Hall–Kier alpha value is -2.47. The first-order valence-electron chi connectivity index (χ1n) is 9.18. The maximum atomic E-state index is 12.7. The quantitative estimate of drug-likeness (QED) is 0.830. The molecule has 2 aliphatic rings. The number of hydrogen-bond donors (Lipinski definition) is 0. The van der Waals surface area contributed by atoms with Crippen LogP contribution in [0.2, 0.25) is 0 Å². The largest absolute Gasteiger partial charge is 0.379 e. The molecule has 0 unspecified atom stereocenters. The van der Waals surface area contributed by atoms with Crippen LogP contribution in [-0.2, 0) is 4.74 Å². The van der Waals surface area contributed by atoms with Crippen molar-refractivity contribution in [3.05, 3.63) is 54.6 Å². The molecule has 2 fully saturated rings. The maximum Gasteiger partial charge on any atom is 0.253 e. The second kappa shape index (κ2) is 7.41. The van der Waals surface area contributed by atoms with E-state index >= 15 is 0 Å². The van der Waals surface area contributed by atoms with Crippen molar-refractivity contribution in [2.24, 2.45) is 5.41 Å². The SMILES string of the molecule is O=C(c1ccncc1)N1CCC2(CC1)COCCN(c1cccnc1)C2. The van der Waals surface area contributed by atoms with Gasteiger partial charge in [-0.2, -0.15) is 0 Å². The van der Waals surface area contributed by atoms with Crippen LogP contribution in [0.3, 0.4) is 0 Å². The molecule has 6 heteroatoms. The summed E-state index contributed by atoms with van der Waals surface area (Å²) in [6, 6.07) is 7.65. The van der Waals surface area contributed by atoms with E-state index in [2.05, 4.69) is 20.9 Å². The second-order valence-corrected chi connectivity index (χ2v) is 7.21. The summed E-state index contributed by atoms with van der Waals surface area (Å²) in [5.41, 5.74) is 1.96. The lowest BCUT2D eigenvalue weighted by Gasteiger charge is -2.43. The van der Waals surface area contributed by atoms with Crippen LogP contribution in [0.25, 0.3) is 0 Å². The molecule has 0 aliphatic carbocycles. The van der Waals surface area contributed by atoms with Crippen LogP contribution in [0.15, 0.2) is 49.1 Å². The zero-order valence-corrected chi connectivity index (χ0v) is 14.9. The van der Waals surface area contributed by atoms with Gasteiger partial charge in [0.25, 0.3) is 5.91 Å². The van der Waals surface area contributed by atoms with Gasteiger partial charge in [-0.05, 0) is 37.1 Å². The first kappa shape index (κ1) is 17.0. The van der Waals surface area contributed by atoms with E-state index in [4.69, 9.17) is 4.74 Å².